The summed E-state index contributed by atoms with van der Waals surface area (Å²) in [6.07, 6.45) is 1.85. The van der Waals surface area contributed by atoms with Crippen LogP contribution in [0.25, 0.3) is 0 Å². The van der Waals surface area contributed by atoms with E-state index in [1.807, 2.05) is 14.1 Å². The maximum atomic E-state index is 12.6. The lowest BCUT2D eigenvalue weighted by molar-refractivity contribution is -0.124. The number of nitrogens with zero attached hydrogens (tertiary/aromatic N) is 1. The molecule has 1 heterocycles. The summed E-state index contributed by atoms with van der Waals surface area (Å²) in [5.74, 6) is -0.349. The van der Waals surface area contributed by atoms with Crippen molar-refractivity contribution in [3.63, 3.8) is 0 Å². The molecule has 1 aliphatic heterocycles. The molecule has 1 aliphatic rings. The highest BCUT2D eigenvalue weighted by molar-refractivity contribution is 7.92. The SMILES string of the molecule is CN(C)CC(C)(C)CNC(=O)C1(S(C)(=O)=O)CCNCC1.Cl.Cl. The molecule has 1 amide bonds. The normalized spacial score (nSPS) is 17.8. The molecule has 0 aromatic rings. The molecule has 0 spiro atoms. The number of hydrogen-bond donors (Lipinski definition) is 2. The van der Waals surface area contributed by atoms with Crippen LogP contribution >= 0.6 is 24.8 Å². The van der Waals surface area contributed by atoms with Crippen molar-refractivity contribution in [3.8, 4) is 0 Å². The van der Waals surface area contributed by atoms with E-state index in [1.54, 1.807) is 0 Å². The van der Waals surface area contributed by atoms with Gasteiger partial charge in [-0.1, -0.05) is 13.8 Å². The second kappa shape index (κ2) is 9.42. The molecule has 1 fully saturated rings. The van der Waals surface area contributed by atoms with Crippen LogP contribution in [0.1, 0.15) is 26.7 Å². The second-order valence-corrected chi connectivity index (χ2v) is 9.43. The van der Waals surface area contributed by atoms with E-state index in [1.165, 1.54) is 6.26 Å². The highest BCUT2D eigenvalue weighted by Gasteiger charge is 2.48. The quantitative estimate of drug-likeness (QED) is 0.696. The summed E-state index contributed by atoms with van der Waals surface area (Å²) in [6, 6.07) is 0. The van der Waals surface area contributed by atoms with Crippen LogP contribution in [0.5, 0.6) is 0 Å². The van der Waals surface area contributed by atoms with E-state index in [4.69, 9.17) is 0 Å². The van der Waals surface area contributed by atoms with Gasteiger partial charge in [-0.15, -0.1) is 24.8 Å². The highest BCUT2D eigenvalue weighted by Crippen LogP contribution is 2.28. The third-order valence-electron chi connectivity index (χ3n) is 4.01. The van der Waals surface area contributed by atoms with Crippen LogP contribution < -0.4 is 10.6 Å². The largest absolute Gasteiger partial charge is 0.354 e. The summed E-state index contributed by atoms with van der Waals surface area (Å²) in [7, 11) is 0.521. The van der Waals surface area contributed by atoms with E-state index in [0.717, 1.165) is 6.54 Å². The molecular formula is C14H31Cl2N3O3S. The molecule has 0 aromatic heterocycles. The van der Waals surface area contributed by atoms with Crippen molar-refractivity contribution >= 4 is 40.6 Å². The van der Waals surface area contributed by atoms with Gasteiger partial charge in [0.1, 0.15) is 0 Å². The number of hydrogen-bond acceptors (Lipinski definition) is 5. The average Bonchev–Trinajstić information content (AvgIpc) is 2.34. The number of amides is 1. The van der Waals surface area contributed by atoms with E-state index in [9.17, 15) is 13.2 Å². The van der Waals surface area contributed by atoms with Gasteiger partial charge in [-0.3, -0.25) is 4.79 Å². The first-order valence-corrected chi connectivity index (χ1v) is 9.23. The predicted octanol–water partition coefficient (Wildman–Crippen LogP) is 0.701. The molecule has 6 nitrogen and oxygen atoms in total. The monoisotopic (exact) mass is 391 g/mol. The van der Waals surface area contributed by atoms with Crippen LogP contribution in [0, 0.1) is 5.41 Å². The second-order valence-electron chi connectivity index (χ2n) is 7.10. The fourth-order valence-electron chi connectivity index (χ4n) is 2.99. The van der Waals surface area contributed by atoms with E-state index in [0.29, 0.717) is 32.5 Å². The Labute approximate surface area is 152 Å². The van der Waals surface area contributed by atoms with Crippen molar-refractivity contribution in [3.05, 3.63) is 0 Å². The Kier molecular flexibility index (Phi) is 10.3. The molecule has 2 N–H and O–H groups in total. The summed E-state index contributed by atoms with van der Waals surface area (Å²) in [5, 5.41) is 5.99. The Morgan fingerprint density at radius 3 is 2.09 bits per heavy atom. The lowest BCUT2D eigenvalue weighted by atomic mass is 9.91. The molecule has 0 aliphatic carbocycles. The van der Waals surface area contributed by atoms with Gasteiger partial charge in [-0.25, -0.2) is 8.42 Å². The number of sulfone groups is 1. The molecule has 9 heteroatoms. The molecule has 1 saturated heterocycles. The van der Waals surface area contributed by atoms with Gasteiger partial charge in [0.15, 0.2) is 14.6 Å². The van der Waals surface area contributed by atoms with Gasteiger partial charge in [0.2, 0.25) is 5.91 Å². The number of carbonyl (C=O) groups excluding carboxylic acids is 1. The van der Waals surface area contributed by atoms with Gasteiger partial charge in [0, 0.05) is 19.3 Å². The van der Waals surface area contributed by atoms with Crippen molar-refractivity contribution in [2.75, 3.05) is 46.5 Å². The molecule has 1 rings (SSSR count). The topological polar surface area (TPSA) is 78.5 Å². The van der Waals surface area contributed by atoms with Crippen molar-refractivity contribution < 1.29 is 13.2 Å². The molecule has 0 radical (unpaired) electrons. The van der Waals surface area contributed by atoms with Gasteiger partial charge in [-0.05, 0) is 45.4 Å². The maximum Gasteiger partial charge on any atom is 0.241 e. The zero-order valence-corrected chi connectivity index (χ0v) is 17.1. The summed E-state index contributed by atoms with van der Waals surface area (Å²) in [4.78, 5) is 14.6. The van der Waals surface area contributed by atoms with Crippen LogP contribution in [-0.2, 0) is 14.6 Å². The van der Waals surface area contributed by atoms with Crippen LogP contribution in [0.2, 0.25) is 0 Å². The zero-order valence-electron chi connectivity index (χ0n) is 14.6. The highest BCUT2D eigenvalue weighted by atomic mass is 35.5. The Morgan fingerprint density at radius 2 is 1.70 bits per heavy atom. The summed E-state index contributed by atoms with van der Waals surface area (Å²) in [6.45, 7) is 6.52. The average molecular weight is 392 g/mol. The van der Waals surface area contributed by atoms with Gasteiger partial charge < -0.3 is 15.5 Å². The van der Waals surface area contributed by atoms with Crippen molar-refractivity contribution in [1.82, 2.24) is 15.5 Å². The molecule has 0 atom stereocenters. The molecule has 0 unspecified atom stereocenters. The van der Waals surface area contributed by atoms with Crippen molar-refractivity contribution in [2.45, 2.75) is 31.4 Å². The lowest BCUT2D eigenvalue weighted by Gasteiger charge is -2.36. The molecule has 0 aromatic carbocycles. The molecular weight excluding hydrogens is 361 g/mol. The lowest BCUT2D eigenvalue weighted by Crippen LogP contribution is -2.58. The van der Waals surface area contributed by atoms with E-state index in [-0.39, 0.29) is 36.1 Å². The van der Waals surface area contributed by atoms with E-state index < -0.39 is 14.6 Å². The van der Waals surface area contributed by atoms with Crippen LogP contribution in [0.15, 0.2) is 0 Å². The van der Waals surface area contributed by atoms with Gasteiger partial charge >= 0.3 is 0 Å². The van der Waals surface area contributed by atoms with Crippen LogP contribution in [0.4, 0.5) is 0 Å². The minimum absolute atomic E-state index is 0. The zero-order chi connectivity index (χ0) is 16.3. The van der Waals surface area contributed by atoms with Crippen LogP contribution in [0.3, 0.4) is 0 Å². The number of halogens is 2. The molecule has 140 valence electrons. The van der Waals surface area contributed by atoms with Gasteiger partial charge in [0.05, 0.1) is 0 Å². The summed E-state index contributed by atoms with van der Waals surface area (Å²) >= 11 is 0. The fourth-order valence-corrected chi connectivity index (χ4v) is 4.34. The van der Waals surface area contributed by atoms with E-state index in [2.05, 4.69) is 29.4 Å². The van der Waals surface area contributed by atoms with Gasteiger partial charge in [-0.2, -0.15) is 0 Å². The minimum Gasteiger partial charge on any atom is -0.354 e. The van der Waals surface area contributed by atoms with Crippen molar-refractivity contribution in [1.29, 1.82) is 0 Å². The Balaban J connectivity index is 0. The maximum absolute atomic E-state index is 12.6. The number of rotatable bonds is 6. The van der Waals surface area contributed by atoms with Gasteiger partial charge in [0.25, 0.3) is 0 Å². The standard InChI is InChI=1S/C14H29N3O3S.2ClH/c1-13(2,11-17(3)4)10-16-12(18)14(21(5,19)20)6-8-15-9-7-14;;/h15H,6-11H2,1-5H3,(H,16,18);2*1H. The first-order chi connectivity index (χ1) is 9.50. The number of piperidine rings is 1. The predicted molar refractivity (Wildman–Crippen MR) is 99.5 cm³/mol. The van der Waals surface area contributed by atoms with Crippen molar-refractivity contribution in [2.24, 2.45) is 5.41 Å². The summed E-state index contributed by atoms with van der Waals surface area (Å²) < 4.78 is 23.0. The molecule has 23 heavy (non-hydrogen) atoms. The minimum atomic E-state index is -3.44. The third kappa shape index (κ3) is 6.74. The molecule has 0 bridgehead atoms. The number of carbonyl (C=O) groups is 1. The summed E-state index contributed by atoms with van der Waals surface area (Å²) in [5.41, 5.74) is -0.106. The molecule has 0 saturated carbocycles. The van der Waals surface area contributed by atoms with Crippen LogP contribution in [-0.4, -0.2) is 70.5 Å². The smallest absolute Gasteiger partial charge is 0.241 e. The number of nitrogens with one attached hydrogen (secondary N) is 2. The third-order valence-corrected chi connectivity index (χ3v) is 6.02. The Morgan fingerprint density at radius 1 is 1.22 bits per heavy atom. The fraction of sp³-hybridized carbons (Fsp3) is 0.929. The Hall–Kier alpha value is -0.0800. The van der Waals surface area contributed by atoms with E-state index >= 15 is 0 Å². The first kappa shape index (κ1) is 25.2. The Bertz CT molecular complexity index is 476. The first-order valence-electron chi connectivity index (χ1n) is 7.34.